The molecule has 5 rings (SSSR count). The average Bonchev–Trinajstić information content (AvgIpc) is 3.27. The first-order chi connectivity index (χ1) is 13.1. The van der Waals surface area contributed by atoms with Crippen LogP contribution in [0.25, 0.3) is 22.6 Å². The predicted molar refractivity (Wildman–Crippen MR) is 99.7 cm³/mol. The zero-order valence-corrected chi connectivity index (χ0v) is 15.0. The molecule has 0 saturated carbocycles. The van der Waals surface area contributed by atoms with Gasteiger partial charge in [-0.15, -0.1) is 10.2 Å². The van der Waals surface area contributed by atoms with Crippen LogP contribution in [0.2, 0.25) is 0 Å². The van der Waals surface area contributed by atoms with Crippen LogP contribution in [-0.2, 0) is 13.6 Å². The molecule has 0 aliphatic carbocycles. The first-order valence-corrected chi connectivity index (χ1v) is 8.67. The van der Waals surface area contributed by atoms with Crippen molar-refractivity contribution in [2.75, 3.05) is 17.2 Å². The van der Waals surface area contributed by atoms with Crippen LogP contribution in [0.1, 0.15) is 18.8 Å². The van der Waals surface area contributed by atoms with Gasteiger partial charge in [0.15, 0.2) is 17.3 Å². The maximum Gasteiger partial charge on any atom is 0.229 e. The predicted octanol–water partition coefficient (Wildman–Crippen LogP) is 1.18. The highest BCUT2D eigenvalue weighted by molar-refractivity contribution is 5.86. The highest BCUT2D eigenvalue weighted by Gasteiger charge is 2.29. The summed E-state index contributed by atoms with van der Waals surface area (Å²) in [7, 11) is 1.84. The van der Waals surface area contributed by atoms with E-state index in [0.717, 1.165) is 22.7 Å². The SMILES string of the molecule is C[C@H]1CN(c2nc(N)c3cnn(C)c3n2)Cc2nnc(-c3ccccn3)n21. The van der Waals surface area contributed by atoms with Gasteiger partial charge in [0.1, 0.15) is 11.5 Å². The van der Waals surface area contributed by atoms with Crippen molar-refractivity contribution in [1.29, 1.82) is 0 Å². The third-order valence-corrected chi connectivity index (χ3v) is 4.81. The van der Waals surface area contributed by atoms with Crippen LogP contribution in [0.5, 0.6) is 0 Å². The van der Waals surface area contributed by atoms with E-state index in [0.29, 0.717) is 30.5 Å². The smallest absolute Gasteiger partial charge is 0.229 e. The van der Waals surface area contributed by atoms with Crippen LogP contribution in [0, 0.1) is 0 Å². The summed E-state index contributed by atoms with van der Waals surface area (Å²) in [5.74, 6) is 2.63. The minimum absolute atomic E-state index is 0.132. The van der Waals surface area contributed by atoms with Gasteiger partial charge >= 0.3 is 0 Å². The van der Waals surface area contributed by atoms with E-state index in [1.807, 2.05) is 25.2 Å². The Labute approximate surface area is 154 Å². The second-order valence-corrected chi connectivity index (χ2v) is 6.67. The molecule has 0 amide bonds. The summed E-state index contributed by atoms with van der Waals surface area (Å²) >= 11 is 0. The van der Waals surface area contributed by atoms with Gasteiger partial charge in [0.2, 0.25) is 5.95 Å². The van der Waals surface area contributed by atoms with E-state index in [4.69, 9.17) is 5.73 Å². The van der Waals surface area contributed by atoms with Gasteiger partial charge in [-0.1, -0.05) is 6.07 Å². The van der Waals surface area contributed by atoms with Crippen LogP contribution >= 0.6 is 0 Å². The first-order valence-electron chi connectivity index (χ1n) is 8.67. The minimum Gasteiger partial charge on any atom is -0.383 e. The molecule has 0 fully saturated rings. The molecule has 10 heteroatoms. The van der Waals surface area contributed by atoms with Crippen molar-refractivity contribution in [3.8, 4) is 11.5 Å². The lowest BCUT2D eigenvalue weighted by Crippen LogP contribution is -2.37. The minimum atomic E-state index is 0.132. The second-order valence-electron chi connectivity index (χ2n) is 6.67. The molecule has 1 atom stereocenters. The molecule has 4 aromatic heterocycles. The Morgan fingerprint density at radius 2 is 2.07 bits per heavy atom. The highest BCUT2D eigenvalue weighted by atomic mass is 15.4. The number of aryl methyl sites for hydroxylation is 1. The summed E-state index contributed by atoms with van der Waals surface area (Å²) in [6.45, 7) is 3.39. The van der Waals surface area contributed by atoms with E-state index in [-0.39, 0.29) is 6.04 Å². The van der Waals surface area contributed by atoms with Crippen LogP contribution in [0.15, 0.2) is 30.6 Å². The van der Waals surface area contributed by atoms with Crippen LogP contribution in [-0.4, -0.2) is 46.0 Å². The van der Waals surface area contributed by atoms with Gasteiger partial charge in [0, 0.05) is 19.8 Å². The van der Waals surface area contributed by atoms with E-state index in [2.05, 4.69) is 46.6 Å². The fraction of sp³-hybridized carbons (Fsp3) is 0.294. The molecule has 1 aliphatic heterocycles. The van der Waals surface area contributed by atoms with Gasteiger partial charge in [-0.05, 0) is 19.1 Å². The number of nitrogens with two attached hydrogens (primary N) is 1. The summed E-state index contributed by atoms with van der Waals surface area (Å²) in [5.41, 5.74) is 7.64. The normalized spacial score (nSPS) is 16.7. The zero-order valence-electron chi connectivity index (χ0n) is 15.0. The van der Waals surface area contributed by atoms with E-state index in [1.54, 1.807) is 17.1 Å². The van der Waals surface area contributed by atoms with Crippen molar-refractivity contribution in [2.45, 2.75) is 19.5 Å². The van der Waals surface area contributed by atoms with Gasteiger partial charge in [-0.25, -0.2) is 0 Å². The molecule has 10 nitrogen and oxygen atoms in total. The number of nitrogens with zero attached hydrogens (tertiary/aromatic N) is 9. The molecular weight excluding hydrogens is 344 g/mol. The molecule has 0 bridgehead atoms. The van der Waals surface area contributed by atoms with Gasteiger partial charge in [0.05, 0.1) is 24.2 Å². The summed E-state index contributed by atoms with van der Waals surface area (Å²) in [6.07, 6.45) is 3.44. The average molecular weight is 362 g/mol. The first kappa shape index (κ1) is 15.7. The molecule has 0 saturated heterocycles. The van der Waals surface area contributed by atoms with Crippen molar-refractivity contribution in [3.63, 3.8) is 0 Å². The summed E-state index contributed by atoms with van der Waals surface area (Å²) in [6, 6.07) is 5.91. The molecule has 2 N–H and O–H groups in total. The van der Waals surface area contributed by atoms with Crippen molar-refractivity contribution >= 4 is 22.8 Å². The largest absolute Gasteiger partial charge is 0.383 e. The number of fused-ring (bicyclic) bond motifs is 2. The summed E-state index contributed by atoms with van der Waals surface area (Å²) < 4.78 is 3.83. The van der Waals surface area contributed by atoms with E-state index < -0.39 is 0 Å². The Bertz CT molecular complexity index is 1130. The molecule has 0 radical (unpaired) electrons. The lowest BCUT2D eigenvalue weighted by atomic mass is 10.2. The number of pyridine rings is 1. The number of aromatic nitrogens is 8. The maximum atomic E-state index is 6.11. The standard InChI is InChI=1S/C17H18N10/c1-10-8-26(17-21-14(18)11-7-20-25(2)15(11)22-17)9-13-23-24-16(27(10)13)12-5-3-4-6-19-12/h3-7,10H,8-9H2,1-2H3,(H2,18,21,22)/t10-/m0/s1. The lowest BCUT2D eigenvalue weighted by Gasteiger charge is -2.32. The highest BCUT2D eigenvalue weighted by Crippen LogP contribution is 2.29. The fourth-order valence-corrected chi connectivity index (χ4v) is 3.53. The van der Waals surface area contributed by atoms with Crippen molar-refractivity contribution < 1.29 is 0 Å². The van der Waals surface area contributed by atoms with E-state index in [9.17, 15) is 0 Å². The quantitative estimate of drug-likeness (QED) is 0.565. The van der Waals surface area contributed by atoms with E-state index in [1.165, 1.54) is 0 Å². The zero-order chi connectivity index (χ0) is 18.5. The third kappa shape index (κ3) is 2.40. The number of nitrogen functional groups attached to an aromatic ring is 1. The van der Waals surface area contributed by atoms with Gasteiger partial charge < -0.3 is 15.2 Å². The Hall–Kier alpha value is -3.56. The molecule has 136 valence electrons. The van der Waals surface area contributed by atoms with Gasteiger partial charge in [-0.2, -0.15) is 15.1 Å². The van der Waals surface area contributed by atoms with E-state index >= 15 is 0 Å². The van der Waals surface area contributed by atoms with Crippen molar-refractivity contribution in [3.05, 3.63) is 36.4 Å². The van der Waals surface area contributed by atoms with Gasteiger partial charge in [0.25, 0.3) is 0 Å². The van der Waals surface area contributed by atoms with Crippen LogP contribution in [0.4, 0.5) is 11.8 Å². The molecule has 4 aromatic rings. The Kier molecular flexibility index (Phi) is 3.33. The molecule has 5 heterocycles. The van der Waals surface area contributed by atoms with Gasteiger partial charge in [-0.3, -0.25) is 9.67 Å². The molecule has 1 aliphatic rings. The number of hydrogen-bond acceptors (Lipinski definition) is 8. The second kappa shape index (κ2) is 5.73. The third-order valence-electron chi connectivity index (χ3n) is 4.81. The monoisotopic (exact) mass is 362 g/mol. The van der Waals surface area contributed by atoms with Crippen molar-refractivity contribution in [1.82, 2.24) is 39.5 Å². The summed E-state index contributed by atoms with van der Waals surface area (Å²) in [5, 5.41) is 13.7. The van der Waals surface area contributed by atoms with Crippen molar-refractivity contribution in [2.24, 2.45) is 7.05 Å². The number of rotatable bonds is 2. The Morgan fingerprint density at radius 3 is 2.89 bits per heavy atom. The number of anilines is 2. The maximum absolute atomic E-state index is 6.11. The number of hydrogen-bond donors (Lipinski definition) is 1. The lowest BCUT2D eigenvalue weighted by molar-refractivity contribution is 0.462. The van der Waals surface area contributed by atoms with Crippen LogP contribution < -0.4 is 10.6 Å². The molecule has 0 unspecified atom stereocenters. The summed E-state index contributed by atoms with van der Waals surface area (Å²) in [4.78, 5) is 15.6. The molecule has 0 spiro atoms. The fourth-order valence-electron chi connectivity index (χ4n) is 3.53. The topological polar surface area (TPSA) is 116 Å². The Balaban J connectivity index is 1.54. The van der Waals surface area contributed by atoms with Crippen LogP contribution in [0.3, 0.4) is 0 Å². The molecule has 0 aromatic carbocycles. The Morgan fingerprint density at radius 1 is 1.19 bits per heavy atom. The molecule has 27 heavy (non-hydrogen) atoms. The molecular formula is C17H18N10.